The third-order valence-electron chi connectivity index (χ3n) is 9.58. The molecule has 1 aliphatic heterocycles. The van der Waals surface area contributed by atoms with Crippen molar-refractivity contribution in [1.82, 2.24) is 15.5 Å². The number of carbonyl (C=O) groups is 3. The zero-order valence-corrected chi connectivity index (χ0v) is 23.0. The van der Waals surface area contributed by atoms with Gasteiger partial charge in [-0.3, -0.25) is 9.59 Å². The van der Waals surface area contributed by atoms with E-state index in [1.807, 2.05) is 30.9 Å². The van der Waals surface area contributed by atoms with Crippen LogP contribution in [-0.4, -0.2) is 47.4 Å². The fraction of sp³-hybridized carbons (Fsp3) is 0.700. The van der Waals surface area contributed by atoms with E-state index in [1.54, 1.807) is 12.1 Å². The number of benzene rings is 1. The molecular weight excluding hydrogens is 464 g/mol. The highest BCUT2D eigenvalue weighted by Gasteiger charge is 2.60. The molecule has 3 unspecified atom stereocenters. The molecule has 1 aromatic carbocycles. The quantitative estimate of drug-likeness (QED) is 0.485. The molecule has 4 aliphatic carbocycles. The molecule has 0 aromatic heterocycles. The average Bonchev–Trinajstić information content (AvgIpc) is 2.81. The van der Waals surface area contributed by atoms with Crippen LogP contribution in [0.25, 0.3) is 0 Å². The third kappa shape index (κ3) is 5.51. The van der Waals surface area contributed by atoms with Gasteiger partial charge in [0.15, 0.2) is 0 Å². The van der Waals surface area contributed by atoms with Crippen LogP contribution in [0.1, 0.15) is 95.8 Å². The first-order valence-electron chi connectivity index (χ1n) is 14.3. The molecule has 5 fully saturated rings. The lowest BCUT2D eigenvalue weighted by Crippen LogP contribution is -2.65. The minimum atomic E-state index is -0.144. The molecule has 5 aliphatic rings. The fourth-order valence-corrected chi connectivity index (χ4v) is 8.62. The van der Waals surface area contributed by atoms with Crippen LogP contribution in [0.4, 0.5) is 10.5 Å². The number of amides is 4. The molecule has 7 heteroatoms. The van der Waals surface area contributed by atoms with E-state index in [0.29, 0.717) is 35.2 Å². The normalized spacial score (nSPS) is 33.6. The van der Waals surface area contributed by atoms with Crippen LogP contribution in [-0.2, 0) is 4.79 Å². The van der Waals surface area contributed by atoms with Gasteiger partial charge in [0.05, 0.1) is 0 Å². The molecule has 7 nitrogen and oxygen atoms in total. The molecule has 3 N–H and O–H groups in total. The number of piperidine rings is 1. The van der Waals surface area contributed by atoms with Crippen LogP contribution < -0.4 is 16.0 Å². The number of carbonyl (C=O) groups excluding carboxylic acids is 3. The lowest BCUT2D eigenvalue weighted by molar-refractivity contribution is -0.125. The van der Waals surface area contributed by atoms with E-state index in [0.717, 1.165) is 44.4 Å². The Morgan fingerprint density at radius 1 is 0.973 bits per heavy atom. The van der Waals surface area contributed by atoms with Gasteiger partial charge in [0.25, 0.3) is 5.91 Å². The topological polar surface area (TPSA) is 90.5 Å². The van der Waals surface area contributed by atoms with Crippen molar-refractivity contribution < 1.29 is 14.4 Å². The molecule has 37 heavy (non-hydrogen) atoms. The lowest BCUT2D eigenvalue weighted by Gasteiger charge is -2.65. The van der Waals surface area contributed by atoms with Gasteiger partial charge in [0.2, 0.25) is 5.91 Å². The summed E-state index contributed by atoms with van der Waals surface area (Å²) in [7, 11) is 0. The second kappa shape index (κ2) is 9.63. The van der Waals surface area contributed by atoms with Crippen LogP contribution >= 0.6 is 0 Å². The molecule has 1 saturated heterocycles. The second-order valence-corrected chi connectivity index (χ2v) is 13.5. The van der Waals surface area contributed by atoms with Crippen molar-refractivity contribution in [3.05, 3.63) is 29.8 Å². The Morgan fingerprint density at radius 2 is 1.59 bits per heavy atom. The van der Waals surface area contributed by atoms with Gasteiger partial charge in [-0.15, -0.1) is 0 Å². The van der Waals surface area contributed by atoms with Crippen LogP contribution in [0.2, 0.25) is 0 Å². The summed E-state index contributed by atoms with van der Waals surface area (Å²) in [5, 5.41) is 9.52. The second-order valence-electron chi connectivity index (χ2n) is 13.5. The summed E-state index contributed by atoms with van der Waals surface area (Å²) in [6, 6.07) is 7.20. The zero-order valence-electron chi connectivity index (χ0n) is 23.0. The van der Waals surface area contributed by atoms with Gasteiger partial charge in [-0.1, -0.05) is 27.7 Å². The minimum absolute atomic E-state index is 0.00207. The first-order valence-corrected chi connectivity index (χ1v) is 14.3. The number of hydrogen-bond acceptors (Lipinski definition) is 3. The van der Waals surface area contributed by atoms with Crippen LogP contribution in [0.15, 0.2) is 24.3 Å². The zero-order chi connectivity index (χ0) is 26.4. The SMILES string of the molecule is CCC(C)C(=O)NC1CCN(C(=O)c2ccc(NC(=O)NC34CC5CC(C)(CC(C)(C5)C3)C4)cc2)CC1. The van der Waals surface area contributed by atoms with Crippen molar-refractivity contribution in [3.8, 4) is 0 Å². The molecule has 0 radical (unpaired) electrons. The van der Waals surface area contributed by atoms with Gasteiger partial charge in [0, 0.05) is 41.8 Å². The van der Waals surface area contributed by atoms with Crippen LogP contribution in [0.5, 0.6) is 0 Å². The predicted octanol–water partition coefficient (Wildman–Crippen LogP) is 5.32. The largest absolute Gasteiger partial charge is 0.353 e. The van der Waals surface area contributed by atoms with Gasteiger partial charge in [0.1, 0.15) is 0 Å². The summed E-state index contributed by atoms with van der Waals surface area (Å²) in [4.78, 5) is 40.1. The Hall–Kier alpha value is -2.57. The van der Waals surface area contributed by atoms with Gasteiger partial charge >= 0.3 is 6.03 Å². The first kappa shape index (κ1) is 26.1. The maximum Gasteiger partial charge on any atom is 0.319 e. The number of urea groups is 1. The Morgan fingerprint density at radius 3 is 2.16 bits per heavy atom. The Balaban J connectivity index is 1.13. The third-order valence-corrected chi connectivity index (χ3v) is 9.58. The smallest absolute Gasteiger partial charge is 0.319 e. The molecule has 4 saturated carbocycles. The summed E-state index contributed by atoms with van der Waals surface area (Å²) >= 11 is 0. The highest BCUT2D eigenvalue weighted by molar-refractivity contribution is 5.95. The van der Waals surface area contributed by atoms with E-state index in [-0.39, 0.29) is 35.3 Å². The first-order chi connectivity index (χ1) is 17.5. The minimum Gasteiger partial charge on any atom is -0.353 e. The number of nitrogens with one attached hydrogen (secondary N) is 3. The molecule has 1 aromatic rings. The van der Waals surface area contributed by atoms with E-state index in [4.69, 9.17) is 0 Å². The number of nitrogens with zero attached hydrogens (tertiary/aromatic N) is 1. The van der Waals surface area contributed by atoms with Crippen molar-refractivity contribution in [2.24, 2.45) is 22.7 Å². The van der Waals surface area contributed by atoms with E-state index >= 15 is 0 Å². The van der Waals surface area contributed by atoms with Gasteiger partial charge in [-0.2, -0.15) is 0 Å². The molecule has 1 heterocycles. The molecule has 0 spiro atoms. The fourth-order valence-electron chi connectivity index (χ4n) is 8.62. The van der Waals surface area contributed by atoms with Crippen molar-refractivity contribution >= 4 is 23.5 Å². The molecule has 4 amide bonds. The Bertz CT molecular complexity index is 1030. The van der Waals surface area contributed by atoms with Crippen molar-refractivity contribution in [3.63, 3.8) is 0 Å². The maximum atomic E-state index is 13.0. The standard InChI is InChI=1S/C30H44N4O3/c1-5-20(2)25(35)31-24-10-12-34(13-11-24)26(36)22-6-8-23(9-7-22)32-27(37)33-30-16-21-14-28(3,18-30)17-29(4,15-21)19-30/h6-9,20-21,24H,5,10-19H2,1-4H3,(H,31,35)(H2,32,33,37). The summed E-state index contributed by atoms with van der Waals surface area (Å²) in [6.45, 7) is 10.0. The molecule has 4 bridgehead atoms. The van der Waals surface area contributed by atoms with E-state index in [1.165, 1.54) is 19.3 Å². The van der Waals surface area contributed by atoms with E-state index < -0.39 is 0 Å². The monoisotopic (exact) mass is 508 g/mol. The molecule has 202 valence electrons. The Kier molecular flexibility index (Phi) is 6.78. The molecular formula is C30H44N4O3. The molecule has 6 rings (SSSR count). The highest BCUT2D eigenvalue weighted by Crippen LogP contribution is 2.66. The highest BCUT2D eigenvalue weighted by atomic mass is 16.2. The average molecular weight is 509 g/mol. The summed E-state index contributed by atoms with van der Waals surface area (Å²) in [5.41, 5.74) is 1.91. The predicted molar refractivity (Wildman–Crippen MR) is 145 cm³/mol. The number of hydrogen-bond donors (Lipinski definition) is 3. The summed E-state index contributed by atoms with van der Waals surface area (Å²) in [5.74, 6) is 0.842. The van der Waals surface area contributed by atoms with Gasteiger partial charge in [-0.25, -0.2) is 4.79 Å². The molecule has 3 atom stereocenters. The summed E-state index contributed by atoms with van der Waals surface area (Å²) in [6.07, 6.45) is 9.49. The number of anilines is 1. The van der Waals surface area contributed by atoms with Crippen molar-refractivity contribution in [1.29, 1.82) is 0 Å². The van der Waals surface area contributed by atoms with Crippen molar-refractivity contribution in [2.45, 2.75) is 97.1 Å². The number of rotatable bonds is 6. The lowest BCUT2D eigenvalue weighted by atomic mass is 9.43. The van der Waals surface area contributed by atoms with Crippen LogP contribution in [0.3, 0.4) is 0 Å². The maximum absolute atomic E-state index is 13.0. The van der Waals surface area contributed by atoms with Gasteiger partial charge < -0.3 is 20.9 Å². The van der Waals surface area contributed by atoms with Crippen molar-refractivity contribution in [2.75, 3.05) is 18.4 Å². The van der Waals surface area contributed by atoms with E-state index in [2.05, 4.69) is 29.8 Å². The van der Waals surface area contributed by atoms with Gasteiger partial charge in [-0.05, 0) is 98.8 Å². The Labute approximate surface area is 221 Å². The summed E-state index contributed by atoms with van der Waals surface area (Å²) < 4.78 is 0. The van der Waals surface area contributed by atoms with Crippen LogP contribution in [0, 0.1) is 22.7 Å². The van der Waals surface area contributed by atoms with E-state index in [9.17, 15) is 14.4 Å². The number of likely N-dealkylation sites (tertiary alicyclic amines) is 1.